The van der Waals surface area contributed by atoms with Gasteiger partial charge in [-0.25, -0.2) is 9.59 Å². The Morgan fingerprint density at radius 3 is 1.93 bits per heavy atom. The third-order valence-electron chi connectivity index (χ3n) is 4.41. The van der Waals surface area contributed by atoms with Crippen LogP contribution in [0, 0.1) is 0 Å². The normalized spacial score (nSPS) is 23.9. The minimum atomic E-state index is -0.800. The van der Waals surface area contributed by atoms with Crippen molar-refractivity contribution >= 4 is 11.9 Å². The number of hydrogen-bond acceptors (Lipinski definition) is 7. The van der Waals surface area contributed by atoms with Gasteiger partial charge in [0.2, 0.25) is 0 Å². The summed E-state index contributed by atoms with van der Waals surface area (Å²) in [6, 6.07) is 17.2. The molecule has 3 rings (SSSR count). The summed E-state index contributed by atoms with van der Waals surface area (Å²) in [5.74, 6) is -1.01. The molecule has 1 saturated heterocycles. The maximum absolute atomic E-state index is 12.5. The van der Waals surface area contributed by atoms with E-state index in [4.69, 9.17) is 23.7 Å². The first-order valence-electron chi connectivity index (χ1n) is 8.83. The highest BCUT2D eigenvalue weighted by molar-refractivity contribution is 5.90. The number of esters is 2. The lowest BCUT2D eigenvalue weighted by Gasteiger charge is -2.22. The molecule has 0 spiro atoms. The Morgan fingerprint density at radius 1 is 0.821 bits per heavy atom. The van der Waals surface area contributed by atoms with E-state index in [0.717, 1.165) is 0 Å². The zero-order valence-corrected chi connectivity index (χ0v) is 15.6. The minimum absolute atomic E-state index is 0.111. The third-order valence-corrected chi connectivity index (χ3v) is 4.41. The molecule has 28 heavy (non-hydrogen) atoms. The topological polar surface area (TPSA) is 80.3 Å². The number of carbonyl (C=O) groups is 2. The molecule has 2 aromatic carbocycles. The molecular formula is C21H22O7. The molecule has 0 unspecified atom stereocenters. The van der Waals surface area contributed by atoms with Crippen LogP contribution in [-0.2, 0) is 23.7 Å². The fraction of sp³-hybridized carbons (Fsp3) is 0.333. The summed E-state index contributed by atoms with van der Waals surface area (Å²) < 4.78 is 27.4. The van der Waals surface area contributed by atoms with E-state index in [1.54, 1.807) is 54.6 Å². The van der Waals surface area contributed by atoms with E-state index in [9.17, 15) is 9.59 Å². The van der Waals surface area contributed by atoms with Gasteiger partial charge in [-0.3, -0.25) is 0 Å². The SMILES string of the molecule is CO[C@H]1O[C@H](COC(=O)c2ccccc2)[C@@H](OC(=O)c2ccccc2)[C@@H]1OC. The van der Waals surface area contributed by atoms with Gasteiger partial charge in [-0.15, -0.1) is 0 Å². The summed E-state index contributed by atoms with van der Waals surface area (Å²) in [4.78, 5) is 24.7. The predicted molar refractivity (Wildman–Crippen MR) is 98.8 cm³/mol. The third kappa shape index (κ3) is 4.56. The van der Waals surface area contributed by atoms with Crippen LogP contribution in [0.4, 0.5) is 0 Å². The standard InChI is InChI=1S/C21H22O7/c1-24-18-17(28-20(23)15-11-7-4-8-12-15)16(27-21(18)25-2)13-26-19(22)14-9-5-3-6-10-14/h3-12,16-18,21H,13H2,1-2H3/t16-,17-,18+,21+/m1/s1. The van der Waals surface area contributed by atoms with E-state index in [0.29, 0.717) is 11.1 Å². The van der Waals surface area contributed by atoms with Crippen molar-refractivity contribution in [3.8, 4) is 0 Å². The Bertz CT molecular complexity index is 778. The van der Waals surface area contributed by atoms with Crippen LogP contribution in [0.25, 0.3) is 0 Å². The first-order valence-corrected chi connectivity index (χ1v) is 8.83. The molecule has 1 heterocycles. The predicted octanol–water partition coefficient (Wildman–Crippen LogP) is 2.46. The number of hydrogen-bond donors (Lipinski definition) is 0. The second-order valence-corrected chi connectivity index (χ2v) is 6.18. The molecule has 0 aromatic heterocycles. The fourth-order valence-corrected chi connectivity index (χ4v) is 2.99. The van der Waals surface area contributed by atoms with Gasteiger partial charge in [0, 0.05) is 14.2 Å². The Kier molecular flexibility index (Phi) is 6.76. The van der Waals surface area contributed by atoms with E-state index in [-0.39, 0.29) is 6.61 Å². The second-order valence-electron chi connectivity index (χ2n) is 6.18. The van der Waals surface area contributed by atoms with Gasteiger partial charge in [0.1, 0.15) is 18.8 Å². The zero-order valence-electron chi connectivity index (χ0n) is 15.6. The molecule has 7 heteroatoms. The van der Waals surface area contributed by atoms with Crippen molar-refractivity contribution in [2.45, 2.75) is 24.6 Å². The Balaban J connectivity index is 1.70. The number of methoxy groups -OCH3 is 2. The van der Waals surface area contributed by atoms with Crippen LogP contribution in [0.5, 0.6) is 0 Å². The highest BCUT2D eigenvalue weighted by Gasteiger charge is 2.48. The molecular weight excluding hydrogens is 364 g/mol. The van der Waals surface area contributed by atoms with Gasteiger partial charge in [0.25, 0.3) is 0 Å². The fourth-order valence-electron chi connectivity index (χ4n) is 2.99. The molecule has 0 amide bonds. The first-order chi connectivity index (χ1) is 13.6. The van der Waals surface area contributed by atoms with Crippen LogP contribution in [0.15, 0.2) is 60.7 Å². The van der Waals surface area contributed by atoms with Crippen molar-refractivity contribution in [1.82, 2.24) is 0 Å². The maximum atomic E-state index is 12.5. The number of ether oxygens (including phenoxy) is 5. The highest BCUT2D eigenvalue weighted by atomic mass is 16.7. The van der Waals surface area contributed by atoms with Crippen LogP contribution < -0.4 is 0 Å². The summed E-state index contributed by atoms with van der Waals surface area (Å²) >= 11 is 0. The molecule has 2 aromatic rings. The van der Waals surface area contributed by atoms with Crippen molar-refractivity contribution in [1.29, 1.82) is 0 Å². The monoisotopic (exact) mass is 386 g/mol. The smallest absolute Gasteiger partial charge is 0.338 e. The Hall–Kier alpha value is -2.74. The van der Waals surface area contributed by atoms with Crippen LogP contribution >= 0.6 is 0 Å². The van der Waals surface area contributed by atoms with Gasteiger partial charge >= 0.3 is 11.9 Å². The molecule has 0 radical (unpaired) electrons. The number of carbonyl (C=O) groups excluding carboxylic acids is 2. The van der Waals surface area contributed by atoms with Gasteiger partial charge in [0.15, 0.2) is 12.4 Å². The lowest BCUT2D eigenvalue weighted by molar-refractivity contribution is -0.159. The molecule has 7 nitrogen and oxygen atoms in total. The van der Waals surface area contributed by atoms with Gasteiger partial charge in [-0.2, -0.15) is 0 Å². The van der Waals surface area contributed by atoms with E-state index in [2.05, 4.69) is 0 Å². The molecule has 1 fully saturated rings. The molecule has 4 atom stereocenters. The maximum Gasteiger partial charge on any atom is 0.338 e. The molecule has 0 aliphatic carbocycles. The first kappa shape index (κ1) is 20.0. The summed E-state index contributed by atoms with van der Waals surface area (Å²) in [5.41, 5.74) is 0.822. The highest BCUT2D eigenvalue weighted by Crippen LogP contribution is 2.28. The molecule has 1 aliphatic rings. The Morgan fingerprint density at radius 2 is 1.39 bits per heavy atom. The lowest BCUT2D eigenvalue weighted by atomic mass is 10.1. The van der Waals surface area contributed by atoms with Gasteiger partial charge < -0.3 is 23.7 Å². The zero-order chi connectivity index (χ0) is 19.9. The quantitative estimate of drug-likeness (QED) is 0.676. The van der Waals surface area contributed by atoms with Crippen molar-refractivity contribution in [2.75, 3.05) is 20.8 Å². The Labute approximate surface area is 163 Å². The van der Waals surface area contributed by atoms with E-state index < -0.39 is 36.5 Å². The summed E-state index contributed by atoms with van der Waals surface area (Å²) in [5, 5.41) is 0. The van der Waals surface area contributed by atoms with Crippen molar-refractivity contribution in [3.05, 3.63) is 71.8 Å². The molecule has 148 valence electrons. The van der Waals surface area contributed by atoms with Gasteiger partial charge in [0.05, 0.1) is 11.1 Å². The summed E-state index contributed by atoms with van der Waals surface area (Å²) in [6.07, 6.45) is -2.93. The second kappa shape index (κ2) is 9.45. The number of rotatable bonds is 7. The minimum Gasteiger partial charge on any atom is -0.459 e. The van der Waals surface area contributed by atoms with Crippen molar-refractivity contribution in [2.24, 2.45) is 0 Å². The van der Waals surface area contributed by atoms with Crippen molar-refractivity contribution in [3.63, 3.8) is 0 Å². The average Bonchev–Trinajstić information content (AvgIpc) is 3.09. The van der Waals surface area contributed by atoms with Gasteiger partial charge in [-0.05, 0) is 24.3 Å². The van der Waals surface area contributed by atoms with E-state index in [1.165, 1.54) is 14.2 Å². The summed E-state index contributed by atoms with van der Waals surface area (Å²) in [6.45, 7) is -0.111. The van der Waals surface area contributed by atoms with Crippen LogP contribution in [0.3, 0.4) is 0 Å². The largest absolute Gasteiger partial charge is 0.459 e. The average molecular weight is 386 g/mol. The summed E-state index contributed by atoms with van der Waals surface area (Å²) in [7, 11) is 2.94. The van der Waals surface area contributed by atoms with Crippen LogP contribution in [0.2, 0.25) is 0 Å². The van der Waals surface area contributed by atoms with Crippen LogP contribution in [0.1, 0.15) is 20.7 Å². The van der Waals surface area contributed by atoms with Crippen molar-refractivity contribution < 1.29 is 33.3 Å². The molecule has 0 saturated carbocycles. The van der Waals surface area contributed by atoms with E-state index in [1.807, 2.05) is 6.07 Å². The molecule has 0 bridgehead atoms. The van der Waals surface area contributed by atoms with E-state index >= 15 is 0 Å². The number of benzene rings is 2. The molecule has 1 aliphatic heterocycles. The molecule has 0 N–H and O–H groups in total. The van der Waals surface area contributed by atoms with Gasteiger partial charge in [-0.1, -0.05) is 36.4 Å². The lowest BCUT2D eigenvalue weighted by Crippen LogP contribution is -2.40. The van der Waals surface area contributed by atoms with Crippen LogP contribution in [-0.4, -0.2) is 57.4 Å².